The summed E-state index contributed by atoms with van der Waals surface area (Å²) in [7, 11) is 0. The molecule has 1 saturated heterocycles. The molecular weight excluding hydrogens is 240 g/mol. The molecule has 2 amide bonds. The molecule has 3 aliphatic rings. The first-order valence-electron chi connectivity index (χ1n) is 7.82. The Hall–Kier alpha value is -0.900. The van der Waals surface area contributed by atoms with Gasteiger partial charge in [-0.15, -0.1) is 0 Å². The Bertz CT molecular complexity index is 376. The molecule has 0 radical (unpaired) electrons. The van der Waals surface area contributed by atoms with E-state index in [4.69, 9.17) is 0 Å². The van der Waals surface area contributed by atoms with Gasteiger partial charge in [-0.2, -0.15) is 0 Å². The fourth-order valence-corrected chi connectivity index (χ4v) is 3.67. The van der Waals surface area contributed by atoms with Crippen LogP contribution in [0.25, 0.3) is 0 Å². The maximum Gasteiger partial charge on any atom is 0.247 e. The largest absolute Gasteiger partial charge is 0.302 e. The lowest BCUT2D eigenvalue weighted by atomic mass is 9.94. The third-order valence-corrected chi connectivity index (χ3v) is 4.99. The van der Waals surface area contributed by atoms with Crippen molar-refractivity contribution >= 4 is 11.8 Å². The Morgan fingerprint density at radius 1 is 1.21 bits per heavy atom. The molecule has 0 spiro atoms. The van der Waals surface area contributed by atoms with Crippen molar-refractivity contribution in [3.8, 4) is 0 Å². The second-order valence-corrected chi connectivity index (χ2v) is 6.33. The van der Waals surface area contributed by atoms with Crippen molar-refractivity contribution in [1.82, 2.24) is 10.2 Å². The normalized spacial score (nSPS) is 36.1. The molecule has 2 aliphatic carbocycles. The maximum atomic E-state index is 12.4. The van der Waals surface area contributed by atoms with E-state index in [1.807, 2.05) is 0 Å². The van der Waals surface area contributed by atoms with Gasteiger partial charge in [0, 0.05) is 12.1 Å². The lowest BCUT2D eigenvalue weighted by Gasteiger charge is -2.29. The molecule has 106 valence electrons. The van der Waals surface area contributed by atoms with Crippen molar-refractivity contribution in [3.63, 3.8) is 0 Å². The molecule has 4 heteroatoms. The zero-order valence-corrected chi connectivity index (χ0v) is 11.7. The number of nitrogens with zero attached hydrogens (tertiary/aromatic N) is 1. The monoisotopic (exact) mass is 264 g/mol. The minimum absolute atomic E-state index is 0.0404. The molecule has 3 rings (SSSR count). The summed E-state index contributed by atoms with van der Waals surface area (Å²) in [4.78, 5) is 26.1. The third kappa shape index (κ3) is 2.55. The quantitative estimate of drug-likeness (QED) is 0.788. The first-order valence-corrected chi connectivity index (χ1v) is 7.82. The summed E-state index contributed by atoms with van der Waals surface area (Å²) in [5, 5.41) is 3.39. The van der Waals surface area contributed by atoms with Crippen LogP contribution in [0.2, 0.25) is 0 Å². The van der Waals surface area contributed by atoms with Gasteiger partial charge in [0.2, 0.25) is 11.8 Å². The molecule has 0 aromatic carbocycles. The van der Waals surface area contributed by atoms with Crippen LogP contribution in [0.15, 0.2) is 0 Å². The van der Waals surface area contributed by atoms with Crippen LogP contribution in [0.5, 0.6) is 0 Å². The number of likely N-dealkylation sites (tertiary alicyclic amines) is 1. The molecule has 1 N–H and O–H groups in total. The molecule has 19 heavy (non-hydrogen) atoms. The van der Waals surface area contributed by atoms with Crippen molar-refractivity contribution in [2.24, 2.45) is 5.92 Å². The number of imide groups is 1. The second kappa shape index (κ2) is 5.23. The smallest absolute Gasteiger partial charge is 0.247 e. The zero-order valence-electron chi connectivity index (χ0n) is 11.7. The summed E-state index contributed by atoms with van der Waals surface area (Å²) in [6.45, 7) is 2.18. The Morgan fingerprint density at radius 3 is 2.58 bits per heavy atom. The molecule has 0 aromatic rings. The highest BCUT2D eigenvalue weighted by Gasteiger charge is 2.46. The number of amides is 2. The SMILES string of the molecule is CCC1CC1NC1CC(=O)N(C2CCCCC2)C1=O. The standard InChI is InChI=1S/C15H24N2O2/c1-2-10-8-12(10)16-13-9-14(18)17(15(13)19)11-6-4-3-5-7-11/h10-13,16H,2-9H2,1H3. The number of carbonyl (C=O) groups is 2. The van der Waals surface area contributed by atoms with Gasteiger partial charge in [-0.05, 0) is 25.2 Å². The van der Waals surface area contributed by atoms with Crippen molar-refractivity contribution in [2.75, 3.05) is 0 Å². The summed E-state index contributed by atoms with van der Waals surface area (Å²) in [6.07, 6.45) is 8.27. The lowest BCUT2D eigenvalue weighted by molar-refractivity contribution is -0.142. The predicted molar refractivity (Wildman–Crippen MR) is 72.5 cm³/mol. The number of rotatable bonds is 4. The Balaban J connectivity index is 1.60. The Labute approximate surface area is 114 Å². The lowest BCUT2D eigenvalue weighted by Crippen LogP contribution is -2.45. The summed E-state index contributed by atoms with van der Waals surface area (Å²) >= 11 is 0. The van der Waals surface area contributed by atoms with E-state index >= 15 is 0 Å². The van der Waals surface area contributed by atoms with Gasteiger partial charge >= 0.3 is 0 Å². The van der Waals surface area contributed by atoms with Gasteiger partial charge in [0.05, 0.1) is 12.5 Å². The van der Waals surface area contributed by atoms with Gasteiger partial charge in [0.15, 0.2) is 0 Å². The van der Waals surface area contributed by atoms with Gasteiger partial charge in [0.1, 0.15) is 0 Å². The van der Waals surface area contributed by atoms with E-state index in [0.29, 0.717) is 18.4 Å². The topological polar surface area (TPSA) is 49.4 Å². The van der Waals surface area contributed by atoms with Crippen LogP contribution in [0.4, 0.5) is 0 Å². The molecule has 1 heterocycles. The van der Waals surface area contributed by atoms with Crippen molar-refractivity contribution < 1.29 is 9.59 Å². The Kier molecular flexibility index (Phi) is 3.61. The number of nitrogens with one attached hydrogen (secondary N) is 1. The van der Waals surface area contributed by atoms with E-state index in [1.54, 1.807) is 4.90 Å². The summed E-state index contributed by atoms with van der Waals surface area (Å²) in [5.41, 5.74) is 0. The molecule has 2 saturated carbocycles. The molecule has 3 unspecified atom stereocenters. The van der Waals surface area contributed by atoms with Gasteiger partial charge < -0.3 is 5.32 Å². The van der Waals surface area contributed by atoms with Crippen molar-refractivity contribution in [3.05, 3.63) is 0 Å². The van der Waals surface area contributed by atoms with Crippen LogP contribution in [0, 0.1) is 5.92 Å². The average Bonchev–Trinajstić information content (AvgIpc) is 3.11. The van der Waals surface area contributed by atoms with Crippen LogP contribution in [-0.2, 0) is 9.59 Å². The second-order valence-electron chi connectivity index (χ2n) is 6.33. The average molecular weight is 264 g/mol. The first kappa shape index (κ1) is 13.1. The summed E-state index contributed by atoms with van der Waals surface area (Å²) in [6, 6.07) is 0.413. The van der Waals surface area contributed by atoms with Gasteiger partial charge in [0.25, 0.3) is 0 Å². The molecule has 4 nitrogen and oxygen atoms in total. The first-order chi connectivity index (χ1) is 9.20. The Morgan fingerprint density at radius 2 is 1.95 bits per heavy atom. The van der Waals surface area contributed by atoms with E-state index in [9.17, 15) is 9.59 Å². The van der Waals surface area contributed by atoms with Crippen LogP contribution in [-0.4, -0.2) is 34.8 Å². The highest BCUT2D eigenvalue weighted by atomic mass is 16.2. The van der Waals surface area contributed by atoms with Gasteiger partial charge in [-0.25, -0.2) is 0 Å². The highest BCUT2D eigenvalue weighted by molar-refractivity contribution is 6.05. The fourth-order valence-electron chi connectivity index (χ4n) is 3.67. The van der Waals surface area contributed by atoms with Gasteiger partial charge in [-0.3, -0.25) is 14.5 Å². The number of carbonyl (C=O) groups excluding carboxylic acids is 2. The molecule has 3 atom stereocenters. The molecule has 1 aliphatic heterocycles. The van der Waals surface area contributed by atoms with E-state index < -0.39 is 0 Å². The third-order valence-electron chi connectivity index (χ3n) is 4.99. The maximum absolute atomic E-state index is 12.4. The zero-order chi connectivity index (χ0) is 13.4. The van der Waals surface area contributed by atoms with Crippen LogP contribution in [0.3, 0.4) is 0 Å². The van der Waals surface area contributed by atoms with Crippen LogP contribution >= 0.6 is 0 Å². The minimum Gasteiger partial charge on any atom is -0.302 e. The molecule has 0 bridgehead atoms. The highest BCUT2D eigenvalue weighted by Crippen LogP contribution is 2.35. The molecule has 3 fully saturated rings. The number of hydrogen-bond acceptors (Lipinski definition) is 3. The minimum atomic E-state index is -0.240. The summed E-state index contributed by atoms with van der Waals surface area (Å²) in [5.74, 6) is 0.799. The van der Waals surface area contributed by atoms with E-state index in [-0.39, 0.29) is 23.9 Å². The molecule has 0 aromatic heterocycles. The molecular formula is C15H24N2O2. The fraction of sp³-hybridized carbons (Fsp3) is 0.867. The number of hydrogen-bond donors (Lipinski definition) is 1. The van der Waals surface area contributed by atoms with Crippen LogP contribution < -0.4 is 5.32 Å². The summed E-state index contributed by atoms with van der Waals surface area (Å²) < 4.78 is 0. The van der Waals surface area contributed by atoms with E-state index in [2.05, 4.69) is 12.2 Å². The predicted octanol–water partition coefficient (Wildman–Crippen LogP) is 1.83. The van der Waals surface area contributed by atoms with Gasteiger partial charge in [-0.1, -0.05) is 32.6 Å². The van der Waals surface area contributed by atoms with E-state index in [1.165, 1.54) is 12.8 Å². The van der Waals surface area contributed by atoms with Crippen molar-refractivity contribution in [2.45, 2.75) is 76.4 Å². The van der Waals surface area contributed by atoms with Crippen LogP contribution in [0.1, 0.15) is 58.3 Å². The van der Waals surface area contributed by atoms with E-state index in [0.717, 1.165) is 32.1 Å². The van der Waals surface area contributed by atoms with Crippen molar-refractivity contribution in [1.29, 1.82) is 0 Å².